The van der Waals surface area contributed by atoms with Crippen LogP contribution in [-0.4, -0.2) is 52.3 Å². The van der Waals surface area contributed by atoms with Gasteiger partial charge in [0.25, 0.3) is 0 Å². The van der Waals surface area contributed by atoms with E-state index in [0.717, 1.165) is 31.0 Å². The van der Waals surface area contributed by atoms with Crippen molar-refractivity contribution in [2.75, 3.05) is 19.6 Å². The Morgan fingerprint density at radius 1 is 1.15 bits per heavy atom. The minimum Gasteiger partial charge on any atom is -0.366 e. The predicted octanol–water partition coefficient (Wildman–Crippen LogP) is 0.803. The first kappa shape index (κ1) is 12.1. The minimum atomic E-state index is -0.271. The molecule has 0 aromatic rings. The molecule has 4 aliphatic heterocycles. The molecule has 0 saturated carbocycles. The lowest BCUT2D eigenvalue weighted by molar-refractivity contribution is -0.115. The molecule has 1 amide bonds. The van der Waals surface area contributed by atoms with Crippen molar-refractivity contribution in [3.8, 4) is 0 Å². The van der Waals surface area contributed by atoms with Gasteiger partial charge in [-0.25, -0.2) is 0 Å². The summed E-state index contributed by atoms with van der Waals surface area (Å²) in [5.41, 5.74) is 6.20. The fourth-order valence-corrected chi connectivity index (χ4v) is 4.10. The zero-order chi connectivity index (χ0) is 13.7. The van der Waals surface area contributed by atoms with Gasteiger partial charge in [0, 0.05) is 43.6 Å². The highest BCUT2D eigenvalue weighted by molar-refractivity contribution is 5.91. The number of nitrogens with two attached hydrogens (primary N) is 1. The lowest BCUT2D eigenvalue weighted by Crippen LogP contribution is -2.54. The molecule has 4 heterocycles. The second-order valence-corrected chi connectivity index (χ2v) is 6.37. The number of amides is 1. The average Bonchev–Trinajstić information content (AvgIpc) is 2.93. The van der Waals surface area contributed by atoms with E-state index in [-0.39, 0.29) is 5.91 Å². The number of carbonyl (C=O) groups is 1. The summed E-state index contributed by atoms with van der Waals surface area (Å²) >= 11 is 0. The summed E-state index contributed by atoms with van der Waals surface area (Å²) in [5.74, 6) is 1.09. The number of hydrogen-bond donors (Lipinski definition) is 1. The van der Waals surface area contributed by atoms with Crippen LogP contribution < -0.4 is 5.73 Å². The number of hydrogen-bond acceptors (Lipinski definition) is 4. The van der Waals surface area contributed by atoms with Crippen LogP contribution in [-0.2, 0) is 4.79 Å². The molecule has 20 heavy (non-hydrogen) atoms. The largest absolute Gasteiger partial charge is 0.366 e. The quantitative estimate of drug-likeness (QED) is 0.768. The molecule has 0 aromatic heterocycles. The van der Waals surface area contributed by atoms with Crippen LogP contribution in [0.5, 0.6) is 0 Å². The molecule has 0 radical (unpaired) electrons. The number of carbonyl (C=O) groups excluding carboxylic acids is 1. The highest BCUT2D eigenvalue weighted by atomic mass is 16.1. The van der Waals surface area contributed by atoms with Gasteiger partial charge in [0.05, 0.1) is 6.04 Å². The van der Waals surface area contributed by atoms with E-state index < -0.39 is 0 Å². The number of rotatable bonds is 1. The van der Waals surface area contributed by atoms with Crippen LogP contribution in [0.4, 0.5) is 0 Å². The lowest BCUT2D eigenvalue weighted by atomic mass is 9.97. The normalized spacial score (nSPS) is 32.1. The van der Waals surface area contributed by atoms with Crippen LogP contribution in [0.1, 0.15) is 32.1 Å². The Balaban J connectivity index is 1.66. The van der Waals surface area contributed by atoms with Crippen LogP contribution in [0, 0.1) is 0 Å². The zero-order valence-electron chi connectivity index (χ0n) is 11.8. The Hall–Kier alpha value is -1.65. The van der Waals surface area contributed by atoms with E-state index in [1.54, 1.807) is 0 Å². The van der Waals surface area contributed by atoms with Crippen molar-refractivity contribution in [3.05, 3.63) is 23.8 Å². The smallest absolute Gasteiger partial charge is 0.246 e. The second-order valence-electron chi connectivity index (χ2n) is 6.37. The summed E-state index contributed by atoms with van der Waals surface area (Å²) in [6.45, 7) is 3.44. The minimum absolute atomic E-state index is 0.271. The summed E-state index contributed by atoms with van der Waals surface area (Å²) < 4.78 is 0. The summed E-state index contributed by atoms with van der Waals surface area (Å²) in [6.07, 6.45) is 10.00. The van der Waals surface area contributed by atoms with Gasteiger partial charge in [-0.05, 0) is 32.1 Å². The summed E-state index contributed by atoms with van der Waals surface area (Å²) in [6, 6.07) is 1.24. The molecule has 2 atom stereocenters. The highest BCUT2D eigenvalue weighted by Gasteiger charge is 2.38. The zero-order valence-corrected chi connectivity index (χ0v) is 11.8. The van der Waals surface area contributed by atoms with Crippen molar-refractivity contribution >= 4 is 5.91 Å². The molecule has 0 aliphatic carbocycles. The van der Waals surface area contributed by atoms with Gasteiger partial charge in [0.15, 0.2) is 0 Å². The van der Waals surface area contributed by atoms with E-state index >= 15 is 0 Å². The van der Waals surface area contributed by atoms with Crippen molar-refractivity contribution in [2.45, 2.75) is 44.2 Å². The Morgan fingerprint density at radius 3 is 2.90 bits per heavy atom. The predicted molar refractivity (Wildman–Crippen MR) is 76.1 cm³/mol. The van der Waals surface area contributed by atoms with Gasteiger partial charge >= 0.3 is 0 Å². The molecular formula is C15H22N4O. The van der Waals surface area contributed by atoms with Gasteiger partial charge in [-0.3, -0.25) is 4.79 Å². The Bertz CT molecular complexity index is 498. The average molecular weight is 274 g/mol. The molecule has 5 nitrogen and oxygen atoms in total. The van der Waals surface area contributed by atoms with Crippen molar-refractivity contribution in [3.63, 3.8) is 0 Å². The highest BCUT2D eigenvalue weighted by Crippen LogP contribution is 2.36. The van der Waals surface area contributed by atoms with Crippen molar-refractivity contribution in [1.29, 1.82) is 0 Å². The van der Waals surface area contributed by atoms with Crippen LogP contribution in [0.2, 0.25) is 0 Å². The molecule has 2 saturated heterocycles. The van der Waals surface area contributed by atoms with E-state index in [9.17, 15) is 4.79 Å². The molecule has 0 spiro atoms. The van der Waals surface area contributed by atoms with E-state index in [1.807, 2.05) is 6.20 Å². The van der Waals surface area contributed by atoms with E-state index in [2.05, 4.69) is 20.9 Å². The molecule has 2 N–H and O–H groups in total. The first-order valence-corrected chi connectivity index (χ1v) is 7.74. The van der Waals surface area contributed by atoms with Crippen molar-refractivity contribution < 1.29 is 4.79 Å². The van der Waals surface area contributed by atoms with Gasteiger partial charge in [0.2, 0.25) is 5.91 Å². The van der Waals surface area contributed by atoms with E-state index in [0.29, 0.717) is 6.04 Å². The Kier molecular flexibility index (Phi) is 2.69. The van der Waals surface area contributed by atoms with Crippen LogP contribution in [0.25, 0.3) is 0 Å². The molecule has 0 aromatic carbocycles. The number of primary amides is 1. The SMILES string of the molecule is NC(=O)C1=CN2C=C3N(CCC4CCCN34)CC2CC1. The molecule has 2 unspecified atom stereocenters. The van der Waals surface area contributed by atoms with Crippen LogP contribution in [0.15, 0.2) is 23.8 Å². The first-order chi connectivity index (χ1) is 9.72. The third-order valence-electron chi connectivity index (χ3n) is 5.21. The third-order valence-corrected chi connectivity index (χ3v) is 5.21. The standard InChI is InChI=1S/C15H22N4O/c16-15(20)11-3-4-13-9-17-7-5-12-2-1-6-19(12)14(17)10-18(13)8-11/h8,10,12-13H,1-7,9H2,(H2,16,20). The van der Waals surface area contributed by atoms with E-state index in [1.165, 1.54) is 38.2 Å². The van der Waals surface area contributed by atoms with Crippen LogP contribution in [0.3, 0.4) is 0 Å². The Labute approximate surface area is 119 Å². The summed E-state index contributed by atoms with van der Waals surface area (Å²) in [4.78, 5) is 18.7. The van der Waals surface area contributed by atoms with Crippen LogP contribution >= 0.6 is 0 Å². The maximum absolute atomic E-state index is 11.4. The first-order valence-electron chi connectivity index (χ1n) is 7.74. The maximum atomic E-state index is 11.4. The molecule has 0 bridgehead atoms. The van der Waals surface area contributed by atoms with Gasteiger partial charge in [-0.2, -0.15) is 0 Å². The summed E-state index contributed by atoms with van der Waals surface area (Å²) in [5, 5.41) is 0. The maximum Gasteiger partial charge on any atom is 0.246 e. The monoisotopic (exact) mass is 274 g/mol. The van der Waals surface area contributed by atoms with Crippen molar-refractivity contribution in [1.82, 2.24) is 14.7 Å². The molecule has 4 aliphatic rings. The van der Waals surface area contributed by atoms with E-state index in [4.69, 9.17) is 5.73 Å². The van der Waals surface area contributed by atoms with Crippen molar-refractivity contribution in [2.24, 2.45) is 5.73 Å². The molecule has 5 heteroatoms. The van der Waals surface area contributed by atoms with Gasteiger partial charge in [-0.1, -0.05) is 0 Å². The third kappa shape index (κ3) is 1.79. The van der Waals surface area contributed by atoms with Gasteiger partial charge < -0.3 is 20.4 Å². The topological polar surface area (TPSA) is 52.8 Å². The number of nitrogens with zero attached hydrogens (tertiary/aromatic N) is 3. The van der Waals surface area contributed by atoms with Gasteiger partial charge in [-0.15, -0.1) is 0 Å². The fraction of sp³-hybridized carbons (Fsp3) is 0.667. The molecular weight excluding hydrogens is 252 g/mol. The Morgan fingerprint density at radius 2 is 2.05 bits per heavy atom. The molecule has 2 fully saturated rings. The second kappa shape index (κ2) is 4.43. The van der Waals surface area contributed by atoms with Gasteiger partial charge in [0.1, 0.15) is 5.82 Å². The fourth-order valence-electron chi connectivity index (χ4n) is 4.10. The molecule has 108 valence electrons. The lowest BCUT2D eigenvalue weighted by Gasteiger charge is -2.49. The number of fused-ring (bicyclic) bond motifs is 4. The molecule has 4 rings (SSSR count). The summed E-state index contributed by atoms with van der Waals surface area (Å²) in [7, 11) is 0.